The third kappa shape index (κ3) is 3.50. The Bertz CT molecular complexity index is 990. The Morgan fingerprint density at radius 2 is 1.83 bits per heavy atom. The molecule has 0 unspecified atom stereocenters. The zero-order chi connectivity index (χ0) is 19.7. The number of piperidine rings is 1. The van der Waals surface area contributed by atoms with E-state index < -0.39 is 0 Å². The van der Waals surface area contributed by atoms with Crippen LogP contribution < -0.4 is 4.74 Å². The van der Waals surface area contributed by atoms with E-state index in [2.05, 4.69) is 32.4 Å². The molecule has 1 aliphatic carbocycles. The fourth-order valence-electron chi connectivity index (χ4n) is 4.74. The van der Waals surface area contributed by atoms with E-state index in [1.54, 1.807) is 17.5 Å². The van der Waals surface area contributed by atoms with Crippen molar-refractivity contribution in [2.24, 2.45) is 0 Å². The summed E-state index contributed by atoms with van der Waals surface area (Å²) in [4.78, 5) is 25.8. The summed E-state index contributed by atoms with van der Waals surface area (Å²) >= 11 is 1.73. The first-order chi connectivity index (χ1) is 14.2. The molecular weight excluding hydrogens is 382 g/mol. The molecule has 1 saturated heterocycles. The number of benzene rings is 1. The first kappa shape index (κ1) is 18.6. The van der Waals surface area contributed by atoms with Gasteiger partial charge in [-0.3, -0.25) is 4.79 Å². The molecular formula is C23H25N3O2S. The molecule has 0 atom stereocenters. The summed E-state index contributed by atoms with van der Waals surface area (Å²) in [5.74, 6) is 0.890. The van der Waals surface area contributed by atoms with Gasteiger partial charge in [-0.05, 0) is 36.4 Å². The normalized spacial score (nSPS) is 19.5. The van der Waals surface area contributed by atoms with Crippen molar-refractivity contribution in [1.29, 1.82) is 0 Å². The molecule has 6 heteroatoms. The van der Waals surface area contributed by atoms with Crippen LogP contribution in [0.5, 0.6) is 5.88 Å². The molecule has 150 valence electrons. The minimum Gasteiger partial charge on any atom is -0.473 e. The van der Waals surface area contributed by atoms with Crippen molar-refractivity contribution in [1.82, 2.24) is 14.9 Å². The number of fused-ring (bicyclic) bond motifs is 1. The Balaban J connectivity index is 1.24. The lowest BCUT2D eigenvalue weighted by Gasteiger charge is -2.38. The van der Waals surface area contributed by atoms with Crippen LogP contribution in [0.1, 0.15) is 43.4 Å². The van der Waals surface area contributed by atoms with Crippen molar-refractivity contribution in [2.75, 3.05) is 13.1 Å². The van der Waals surface area contributed by atoms with Crippen molar-refractivity contribution < 1.29 is 9.53 Å². The first-order valence-corrected chi connectivity index (χ1v) is 11.3. The molecule has 5 nitrogen and oxygen atoms in total. The first-order valence-electron chi connectivity index (χ1n) is 10.5. The predicted octanol–water partition coefficient (Wildman–Crippen LogP) is 4.57. The highest BCUT2D eigenvalue weighted by molar-refractivity contribution is 7.10. The summed E-state index contributed by atoms with van der Waals surface area (Å²) in [6.45, 7) is 1.50. The van der Waals surface area contributed by atoms with Gasteiger partial charge in [-0.15, -0.1) is 11.3 Å². The number of ether oxygens (including phenoxy) is 1. The monoisotopic (exact) mass is 407 g/mol. The van der Waals surface area contributed by atoms with Gasteiger partial charge in [0.2, 0.25) is 11.8 Å². The van der Waals surface area contributed by atoms with E-state index in [0.29, 0.717) is 11.8 Å². The summed E-state index contributed by atoms with van der Waals surface area (Å²) < 4.78 is 6.10. The Hall–Kier alpha value is -2.47. The number of carbonyl (C=O) groups is 1. The smallest absolute Gasteiger partial charge is 0.234 e. The molecule has 0 radical (unpaired) electrons. The molecule has 1 amide bonds. The van der Waals surface area contributed by atoms with Crippen LogP contribution in [0.25, 0.3) is 11.0 Å². The molecule has 0 N–H and O–H groups in total. The highest BCUT2D eigenvalue weighted by Crippen LogP contribution is 2.44. The molecule has 0 spiro atoms. The van der Waals surface area contributed by atoms with Gasteiger partial charge in [-0.2, -0.15) is 0 Å². The second kappa shape index (κ2) is 7.75. The number of amides is 1. The van der Waals surface area contributed by atoms with E-state index >= 15 is 0 Å². The van der Waals surface area contributed by atoms with Crippen molar-refractivity contribution in [2.45, 2.75) is 50.0 Å². The number of para-hydroxylation sites is 2. The van der Waals surface area contributed by atoms with Crippen molar-refractivity contribution in [3.63, 3.8) is 0 Å². The lowest BCUT2D eigenvalue weighted by Crippen LogP contribution is -2.49. The molecule has 3 aromatic rings. The second-order valence-electron chi connectivity index (χ2n) is 8.07. The zero-order valence-corrected chi connectivity index (χ0v) is 17.2. The fraction of sp³-hybridized carbons (Fsp3) is 0.435. The van der Waals surface area contributed by atoms with Gasteiger partial charge in [0.1, 0.15) is 6.10 Å². The maximum Gasteiger partial charge on any atom is 0.234 e. The lowest BCUT2D eigenvalue weighted by atomic mass is 9.82. The molecule has 1 aromatic carbocycles. The van der Waals surface area contributed by atoms with Gasteiger partial charge in [0, 0.05) is 30.8 Å². The molecule has 0 bridgehead atoms. The topological polar surface area (TPSA) is 55.3 Å². The van der Waals surface area contributed by atoms with Gasteiger partial charge >= 0.3 is 0 Å². The van der Waals surface area contributed by atoms with E-state index in [4.69, 9.17) is 4.74 Å². The Labute approximate surface area is 174 Å². The van der Waals surface area contributed by atoms with Crippen LogP contribution in [0, 0.1) is 0 Å². The number of nitrogens with zero attached hydrogens (tertiary/aromatic N) is 3. The minimum atomic E-state index is -0.286. The SMILES string of the molecule is O=C(N1CCC(Oc2cnc3ccccc3n2)CC1)C1(c2cccs2)CCCC1. The second-order valence-corrected chi connectivity index (χ2v) is 9.02. The number of thiophene rings is 1. The zero-order valence-electron chi connectivity index (χ0n) is 16.4. The maximum absolute atomic E-state index is 13.5. The Morgan fingerprint density at radius 3 is 2.55 bits per heavy atom. The largest absolute Gasteiger partial charge is 0.473 e. The van der Waals surface area contributed by atoms with Crippen LogP contribution >= 0.6 is 11.3 Å². The van der Waals surface area contributed by atoms with Gasteiger partial charge in [0.25, 0.3) is 0 Å². The molecule has 5 rings (SSSR count). The summed E-state index contributed by atoms with van der Waals surface area (Å²) in [5, 5.41) is 2.09. The van der Waals surface area contributed by atoms with Gasteiger partial charge in [-0.1, -0.05) is 31.0 Å². The van der Waals surface area contributed by atoms with Gasteiger partial charge in [0.05, 0.1) is 22.6 Å². The number of likely N-dealkylation sites (tertiary alicyclic amines) is 1. The standard InChI is InChI=1S/C23H25N3O2S/c27-22(23(11-3-4-12-23)20-8-5-15-29-20)26-13-9-17(10-14-26)28-21-16-24-18-6-1-2-7-19(18)25-21/h1-2,5-8,15-17H,3-4,9-14H2. The third-order valence-corrected chi connectivity index (χ3v) is 7.38. The van der Waals surface area contributed by atoms with Gasteiger partial charge in [-0.25, -0.2) is 9.97 Å². The minimum absolute atomic E-state index is 0.0794. The molecule has 29 heavy (non-hydrogen) atoms. The van der Waals surface area contributed by atoms with E-state index in [1.807, 2.05) is 24.3 Å². The molecule has 2 aromatic heterocycles. The number of hydrogen-bond acceptors (Lipinski definition) is 5. The average molecular weight is 408 g/mol. The number of carbonyl (C=O) groups excluding carboxylic acids is 1. The fourth-order valence-corrected chi connectivity index (χ4v) is 5.72. The van der Waals surface area contributed by atoms with Crippen molar-refractivity contribution >= 4 is 28.3 Å². The van der Waals surface area contributed by atoms with E-state index in [9.17, 15) is 4.79 Å². The maximum atomic E-state index is 13.5. The van der Waals surface area contributed by atoms with E-state index in [-0.39, 0.29) is 11.5 Å². The summed E-state index contributed by atoms with van der Waals surface area (Å²) in [6, 6.07) is 12.0. The number of aromatic nitrogens is 2. The summed E-state index contributed by atoms with van der Waals surface area (Å²) in [5.41, 5.74) is 1.43. The average Bonchev–Trinajstić information content (AvgIpc) is 3.46. The van der Waals surface area contributed by atoms with Gasteiger partial charge < -0.3 is 9.64 Å². The molecule has 1 aliphatic heterocycles. The third-order valence-electron chi connectivity index (χ3n) is 6.30. The Kier molecular flexibility index (Phi) is 4.96. The van der Waals surface area contributed by atoms with Gasteiger partial charge in [0.15, 0.2) is 0 Å². The molecule has 1 saturated carbocycles. The summed E-state index contributed by atoms with van der Waals surface area (Å²) in [7, 11) is 0. The predicted molar refractivity (Wildman–Crippen MR) is 114 cm³/mol. The molecule has 2 fully saturated rings. The van der Waals surface area contributed by atoms with Crippen molar-refractivity contribution in [3.05, 3.63) is 52.9 Å². The van der Waals surface area contributed by atoms with Crippen LogP contribution in [0.2, 0.25) is 0 Å². The number of rotatable bonds is 4. The number of hydrogen-bond donors (Lipinski definition) is 0. The molecule has 3 heterocycles. The quantitative estimate of drug-likeness (QED) is 0.636. The van der Waals surface area contributed by atoms with Crippen LogP contribution in [0.3, 0.4) is 0 Å². The van der Waals surface area contributed by atoms with Crippen LogP contribution in [0.4, 0.5) is 0 Å². The van der Waals surface area contributed by atoms with Crippen LogP contribution in [-0.2, 0) is 10.2 Å². The van der Waals surface area contributed by atoms with Crippen molar-refractivity contribution in [3.8, 4) is 5.88 Å². The summed E-state index contributed by atoms with van der Waals surface area (Å²) in [6.07, 6.45) is 7.69. The van der Waals surface area contributed by atoms with Crippen LogP contribution in [-0.4, -0.2) is 40.0 Å². The highest BCUT2D eigenvalue weighted by Gasteiger charge is 2.46. The van der Waals surface area contributed by atoms with E-state index in [1.165, 1.54) is 4.88 Å². The van der Waals surface area contributed by atoms with E-state index in [0.717, 1.165) is 62.6 Å². The lowest BCUT2D eigenvalue weighted by molar-refractivity contribution is -0.139. The Morgan fingerprint density at radius 1 is 1.07 bits per heavy atom. The van der Waals surface area contributed by atoms with Crippen LogP contribution in [0.15, 0.2) is 48.0 Å². The highest BCUT2D eigenvalue weighted by atomic mass is 32.1. The molecule has 2 aliphatic rings.